The molecule has 2 rings (SSSR count). The molecule has 3 atom stereocenters. The first-order valence-corrected chi connectivity index (χ1v) is 8.05. The lowest BCUT2D eigenvalue weighted by Crippen LogP contribution is -2.42. The first kappa shape index (κ1) is 17.8. The molecule has 1 aromatic rings. The summed E-state index contributed by atoms with van der Waals surface area (Å²) in [4.78, 5) is 14.2. The van der Waals surface area contributed by atoms with Gasteiger partial charge in [0.1, 0.15) is 0 Å². The normalized spacial score (nSPS) is 23.3. The lowest BCUT2D eigenvalue weighted by molar-refractivity contribution is -0.122. The number of nitrogens with two attached hydrogens (primary N) is 1. The van der Waals surface area contributed by atoms with Gasteiger partial charge in [0.2, 0.25) is 5.91 Å². The summed E-state index contributed by atoms with van der Waals surface area (Å²) in [6, 6.07) is 3.70. The molecule has 3 N–H and O–H groups in total. The number of rotatable bonds is 5. The third-order valence-electron chi connectivity index (χ3n) is 4.24. The summed E-state index contributed by atoms with van der Waals surface area (Å²) < 4.78 is 26.8. The fourth-order valence-corrected chi connectivity index (χ4v) is 3.23. The third kappa shape index (κ3) is 4.26. The second-order valence-corrected chi connectivity index (χ2v) is 6.59. The molecule has 0 saturated carbocycles. The van der Waals surface area contributed by atoms with Crippen molar-refractivity contribution < 1.29 is 13.6 Å². The molecule has 0 bridgehead atoms. The van der Waals surface area contributed by atoms with Gasteiger partial charge < -0.3 is 11.1 Å². The molecule has 1 heterocycles. The molecule has 1 aromatic carbocycles. The Morgan fingerprint density at radius 2 is 2.04 bits per heavy atom. The van der Waals surface area contributed by atoms with Crippen LogP contribution in [0.1, 0.15) is 45.2 Å². The third-order valence-corrected chi connectivity index (χ3v) is 4.24. The van der Waals surface area contributed by atoms with Gasteiger partial charge in [-0.1, -0.05) is 6.07 Å². The van der Waals surface area contributed by atoms with Crippen molar-refractivity contribution in [3.8, 4) is 0 Å². The van der Waals surface area contributed by atoms with Crippen molar-refractivity contribution in [3.05, 3.63) is 35.4 Å². The summed E-state index contributed by atoms with van der Waals surface area (Å²) in [7, 11) is 0. The summed E-state index contributed by atoms with van der Waals surface area (Å²) in [5.41, 5.74) is 6.34. The number of carbonyl (C=O) groups is 1. The smallest absolute Gasteiger partial charge is 0.221 e. The lowest BCUT2D eigenvalue weighted by Gasteiger charge is -2.32. The standard InChI is InChI=1S/C17H25F2N3O/c1-10(2)22-7-6-15(21-16(23)8-11(3)20)17(22)12-4-5-13(18)14(19)9-12/h4-5,9-11,15,17H,6-8,20H2,1-3H3,(H,21,23). The van der Waals surface area contributed by atoms with Crippen LogP contribution in [-0.2, 0) is 4.79 Å². The molecule has 1 amide bonds. The van der Waals surface area contributed by atoms with Gasteiger partial charge in [0.15, 0.2) is 11.6 Å². The van der Waals surface area contributed by atoms with E-state index >= 15 is 0 Å². The largest absolute Gasteiger partial charge is 0.351 e. The van der Waals surface area contributed by atoms with Gasteiger partial charge in [0.05, 0.1) is 6.04 Å². The van der Waals surface area contributed by atoms with Crippen molar-refractivity contribution in [2.45, 2.75) is 57.8 Å². The summed E-state index contributed by atoms with van der Waals surface area (Å²) >= 11 is 0. The van der Waals surface area contributed by atoms with Crippen LogP contribution in [0.2, 0.25) is 0 Å². The maximum absolute atomic E-state index is 13.6. The minimum absolute atomic E-state index is 0.108. The van der Waals surface area contributed by atoms with E-state index in [4.69, 9.17) is 5.73 Å². The van der Waals surface area contributed by atoms with Crippen molar-refractivity contribution >= 4 is 5.91 Å². The molecule has 1 fully saturated rings. The Morgan fingerprint density at radius 1 is 1.35 bits per heavy atom. The first-order valence-electron chi connectivity index (χ1n) is 8.05. The summed E-state index contributed by atoms with van der Waals surface area (Å²) in [5, 5.41) is 3.00. The predicted octanol–water partition coefficient (Wildman–Crippen LogP) is 2.34. The van der Waals surface area contributed by atoms with Gasteiger partial charge in [-0.25, -0.2) is 8.78 Å². The number of nitrogens with one attached hydrogen (secondary N) is 1. The van der Waals surface area contributed by atoms with E-state index in [0.29, 0.717) is 5.56 Å². The van der Waals surface area contributed by atoms with Crippen LogP contribution in [0, 0.1) is 11.6 Å². The topological polar surface area (TPSA) is 58.4 Å². The number of halogens is 2. The van der Waals surface area contributed by atoms with E-state index in [1.807, 2.05) is 0 Å². The highest BCUT2D eigenvalue weighted by molar-refractivity contribution is 5.77. The average molecular weight is 325 g/mol. The van der Waals surface area contributed by atoms with Crippen molar-refractivity contribution in [1.82, 2.24) is 10.2 Å². The minimum Gasteiger partial charge on any atom is -0.351 e. The number of benzene rings is 1. The van der Waals surface area contributed by atoms with E-state index < -0.39 is 11.6 Å². The molecule has 3 unspecified atom stereocenters. The van der Waals surface area contributed by atoms with E-state index in [2.05, 4.69) is 24.1 Å². The monoisotopic (exact) mass is 325 g/mol. The predicted molar refractivity (Wildman–Crippen MR) is 85.8 cm³/mol. The van der Waals surface area contributed by atoms with E-state index in [9.17, 15) is 13.6 Å². The highest BCUT2D eigenvalue weighted by Crippen LogP contribution is 2.34. The fourth-order valence-electron chi connectivity index (χ4n) is 3.23. The zero-order chi connectivity index (χ0) is 17.1. The number of likely N-dealkylation sites (tertiary alicyclic amines) is 1. The van der Waals surface area contributed by atoms with Crippen molar-refractivity contribution in [2.75, 3.05) is 6.54 Å². The van der Waals surface area contributed by atoms with Gasteiger partial charge >= 0.3 is 0 Å². The molecule has 0 radical (unpaired) electrons. The second-order valence-electron chi connectivity index (χ2n) is 6.59. The van der Waals surface area contributed by atoms with Gasteiger partial charge in [-0.2, -0.15) is 0 Å². The van der Waals surface area contributed by atoms with E-state index in [1.165, 1.54) is 6.07 Å². The zero-order valence-corrected chi connectivity index (χ0v) is 13.9. The molecule has 1 saturated heterocycles. The zero-order valence-electron chi connectivity index (χ0n) is 13.9. The highest BCUT2D eigenvalue weighted by atomic mass is 19.2. The maximum atomic E-state index is 13.6. The van der Waals surface area contributed by atoms with Gasteiger partial charge in [-0.15, -0.1) is 0 Å². The van der Waals surface area contributed by atoms with Crippen molar-refractivity contribution in [1.29, 1.82) is 0 Å². The number of hydrogen-bond acceptors (Lipinski definition) is 3. The van der Waals surface area contributed by atoms with E-state index in [0.717, 1.165) is 19.0 Å². The summed E-state index contributed by atoms with van der Waals surface area (Å²) in [6.07, 6.45) is 1.02. The Morgan fingerprint density at radius 3 is 2.61 bits per heavy atom. The van der Waals surface area contributed by atoms with E-state index in [1.54, 1.807) is 13.0 Å². The molecule has 0 spiro atoms. The van der Waals surface area contributed by atoms with Crippen LogP contribution >= 0.6 is 0 Å². The first-order chi connectivity index (χ1) is 10.8. The number of amides is 1. The van der Waals surface area contributed by atoms with Crippen LogP contribution in [0.4, 0.5) is 8.78 Å². The average Bonchev–Trinajstić information content (AvgIpc) is 2.84. The molecule has 0 aliphatic carbocycles. The Hall–Kier alpha value is -1.53. The number of carbonyl (C=O) groups excluding carboxylic acids is 1. The molecule has 4 nitrogen and oxygen atoms in total. The lowest BCUT2D eigenvalue weighted by atomic mass is 9.98. The van der Waals surface area contributed by atoms with Gasteiger partial charge in [0.25, 0.3) is 0 Å². The van der Waals surface area contributed by atoms with Crippen molar-refractivity contribution in [2.24, 2.45) is 5.73 Å². The Kier molecular flexibility index (Phi) is 5.70. The van der Waals surface area contributed by atoms with Crippen LogP contribution in [0.3, 0.4) is 0 Å². The Bertz CT molecular complexity index is 563. The highest BCUT2D eigenvalue weighted by Gasteiger charge is 2.37. The molecule has 0 aromatic heterocycles. The number of nitrogens with zero attached hydrogens (tertiary/aromatic N) is 1. The Balaban J connectivity index is 2.24. The molecule has 23 heavy (non-hydrogen) atoms. The molecular weight excluding hydrogens is 300 g/mol. The molecule has 6 heteroatoms. The van der Waals surface area contributed by atoms with Gasteiger partial charge in [0, 0.05) is 31.1 Å². The van der Waals surface area contributed by atoms with E-state index in [-0.39, 0.29) is 36.5 Å². The molecule has 1 aliphatic heterocycles. The van der Waals surface area contributed by atoms with Gasteiger partial charge in [-0.05, 0) is 44.9 Å². The van der Waals surface area contributed by atoms with Crippen LogP contribution in [0.5, 0.6) is 0 Å². The quantitative estimate of drug-likeness (QED) is 0.874. The van der Waals surface area contributed by atoms with Crippen molar-refractivity contribution in [3.63, 3.8) is 0 Å². The Labute approximate surface area is 136 Å². The second kappa shape index (κ2) is 7.36. The molecule has 128 valence electrons. The minimum atomic E-state index is -0.862. The summed E-state index contributed by atoms with van der Waals surface area (Å²) in [5.74, 6) is -1.83. The van der Waals surface area contributed by atoms with Crippen LogP contribution < -0.4 is 11.1 Å². The van der Waals surface area contributed by atoms with Crippen LogP contribution in [0.25, 0.3) is 0 Å². The SMILES string of the molecule is CC(N)CC(=O)NC1CCN(C(C)C)C1c1ccc(F)c(F)c1. The van der Waals surface area contributed by atoms with Crippen LogP contribution in [0.15, 0.2) is 18.2 Å². The van der Waals surface area contributed by atoms with Crippen LogP contribution in [-0.4, -0.2) is 35.5 Å². The fraction of sp³-hybridized carbons (Fsp3) is 0.588. The molecular formula is C17H25F2N3O. The van der Waals surface area contributed by atoms with Gasteiger partial charge in [-0.3, -0.25) is 9.69 Å². The number of hydrogen-bond donors (Lipinski definition) is 2. The summed E-state index contributed by atoms with van der Waals surface area (Å²) in [6.45, 7) is 6.68. The maximum Gasteiger partial charge on any atom is 0.221 e. The molecule has 1 aliphatic rings.